The van der Waals surface area contributed by atoms with Gasteiger partial charge in [0.05, 0.1) is 6.26 Å². The molecule has 2 heteroatoms. The molecule has 0 amide bonds. The smallest absolute Gasteiger partial charge is 0.132 e. The monoisotopic (exact) mass is 166 g/mol. The van der Waals surface area contributed by atoms with Crippen molar-refractivity contribution >= 4 is 0 Å². The molecule has 0 radical (unpaired) electrons. The molecule has 0 spiro atoms. The highest BCUT2D eigenvalue weighted by Gasteiger charge is 2.18. The molecule has 1 heterocycles. The third-order valence-electron chi connectivity index (χ3n) is 2.09. The summed E-state index contributed by atoms with van der Waals surface area (Å²) in [5.41, 5.74) is 0.957. The van der Waals surface area contributed by atoms with Gasteiger partial charge in [-0.1, -0.05) is 19.1 Å². The first-order valence-electron chi connectivity index (χ1n) is 3.99. The normalized spacial score (nSPS) is 15.6. The van der Waals surface area contributed by atoms with Crippen LogP contribution < -0.4 is 0 Å². The summed E-state index contributed by atoms with van der Waals surface area (Å²) >= 11 is 0. The Morgan fingerprint density at radius 2 is 2.33 bits per heavy atom. The van der Waals surface area contributed by atoms with Gasteiger partial charge in [0.2, 0.25) is 0 Å². The molecule has 0 aromatic carbocycles. The summed E-state index contributed by atoms with van der Waals surface area (Å²) in [6, 6.07) is 3.54. The van der Waals surface area contributed by atoms with Crippen molar-refractivity contribution in [3.63, 3.8) is 0 Å². The molecule has 0 aliphatic heterocycles. The molecular weight excluding hydrogens is 152 g/mol. The van der Waals surface area contributed by atoms with E-state index in [9.17, 15) is 5.11 Å². The zero-order chi connectivity index (χ0) is 9.14. The van der Waals surface area contributed by atoms with Crippen molar-refractivity contribution in [2.24, 2.45) is 5.92 Å². The minimum Gasteiger partial charge on any atom is -0.467 e. The van der Waals surface area contributed by atoms with Gasteiger partial charge in [-0.2, -0.15) is 0 Å². The maximum absolute atomic E-state index is 9.69. The molecule has 0 saturated carbocycles. The zero-order valence-corrected chi connectivity index (χ0v) is 7.45. The van der Waals surface area contributed by atoms with Gasteiger partial charge in [0.25, 0.3) is 0 Å². The topological polar surface area (TPSA) is 33.4 Å². The Kier molecular flexibility index (Phi) is 2.71. The highest BCUT2D eigenvalue weighted by molar-refractivity contribution is 5.08. The summed E-state index contributed by atoms with van der Waals surface area (Å²) in [6.45, 7) is 7.61. The first kappa shape index (κ1) is 9.07. The van der Waals surface area contributed by atoms with Crippen LogP contribution in [0, 0.1) is 5.92 Å². The summed E-state index contributed by atoms with van der Waals surface area (Å²) in [5, 5.41) is 9.69. The fourth-order valence-electron chi connectivity index (χ4n) is 0.975. The number of aliphatic hydroxyl groups excluding tert-OH is 1. The quantitative estimate of drug-likeness (QED) is 0.700. The van der Waals surface area contributed by atoms with Crippen molar-refractivity contribution in [1.82, 2.24) is 0 Å². The first-order chi connectivity index (χ1) is 5.63. The van der Waals surface area contributed by atoms with Gasteiger partial charge in [-0.3, -0.25) is 0 Å². The Morgan fingerprint density at radius 3 is 2.75 bits per heavy atom. The van der Waals surface area contributed by atoms with Crippen LogP contribution in [0.4, 0.5) is 0 Å². The molecular formula is C10H14O2. The van der Waals surface area contributed by atoms with Crippen LogP contribution in [-0.4, -0.2) is 5.11 Å². The Hall–Kier alpha value is -1.02. The number of aliphatic hydroxyl groups is 1. The summed E-state index contributed by atoms with van der Waals surface area (Å²) in [6.07, 6.45) is 0.987. The average Bonchev–Trinajstić information content (AvgIpc) is 2.53. The van der Waals surface area contributed by atoms with Crippen molar-refractivity contribution in [1.29, 1.82) is 0 Å². The molecule has 0 fully saturated rings. The van der Waals surface area contributed by atoms with Gasteiger partial charge in [0, 0.05) is 5.92 Å². The third-order valence-corrected chi connectivity index (χ3v) is 2.09. The van der Waals surface area contributed by atoms with E-state index < -0.39 is 6.10 Å². The zero-order valence-electron chi connectivity index (χ0n) is 7.45. The minimum atomic E-state index is -0.572. The molecule has 2 unspecified atom stereocenters. The van der Waals surface area contributed by atoms with E-state index in [0.29, 0.717) is 5.76 Å². The van der Waals surface area contributed by atoms with E-state index in [1.54, 1.807) is 18.4 Å². The van der Waals surface area contributed by atoms with E-state index in [1.807, 2.05) is 13.8 Å². The lowest BCUT2D eigenvalue weighted by atomic mass is 9.96. The van der Waals surface area contributed by atoms with E-state index in [4.69, 9.17) is 4.42 Å². The molecule has 1 aromatic rings. The van der Waals surface area contributed by atoms with E-state index in [-0.39, 0.29) is 5.92 Å². The second-order valence-electron chi connectivity index (χ2n) is 3.10. The molecule has 0 bridgehead atoms. The van der Waals surface area contributed by atoms with Crippen LogP contribution in [-0.2, 0) is 0 Å². The molecule has 0 aliphatic carbocycles. The summed E-state index contributed by atoms with van der Waals surface area (Å²) < 4.78 is 5.08. The highest BCUT2D eigenvalue weighted by atomic mass is 16.4. The van der Waals surface area contributed by atoms with Gasteiger partial charge in [-0.25, -0.2) is 0 Å². The Bertz CT molecular complexity index is 249. The Morgan fingerprint density at radius 1 is 1.67 bits per heavy atom. The number of hydrogen-bond acceptors (Lipinski definition) is 2. The molecule has 12 heavy (non-hydrogen) atoms. The fraction of sp³-hybridized carbons (Fsp3) is 0.400. The van der Waals surface area contributed by atoms with E-state index in [0.717, 1.165) is 5.57 Å². The minimum absolute atomic E-state index is 0.0381. The molecule has 66 valence electrons. The summed E-state index contributed by atoms with van der Waals surface area (Å²) in [4.78, 5) is 0. The van der Waals surface area contributed by atoms with Gasteiger partial charge in [0.15, 0.2) is 0 Å². The van der Waals surface area contributed by atoms with Gasteiger partial charge in [-0.15, -0.1) is 0 Å². The lowest BCUT2D eigenvalue weighted by Crippen LogP contribution is -2.08. The van der Waals surface area contributed by atoms with Crippen LogP contribution in [0.1, 0.15) is 25.7 Å². The summed E-state index contributed by atoms with van der Waals surface area (Å²) in [5.74, 6) is 0.640. The second kappa shape index (κ2) is 3.59. The van der Waals surface area contributed by atoms with Crippen molar-refractivity contribution in [2.45, 2.75) is 20.0 Å². The lowest BCUT2D eigenvalue weighted by Gasteiger charge is -2.16. The van der Waals surface area contributed by atoms with Crippen LogP contribution in [0.25, 0.3) is 0 Å². The van der Waals surface area contributed by atoms with Gasteiger partial charge >= 0.3 is 0 Å². The molecule has 0 aliphatic rings. The fourth-order valence-corrected chi connectivity index (χ4v) is 0.975. The maximum atomic E-state index is 9.69. The van der Waals surface area contributed by atoms with Crippen LogP contribution in [0.15, 0.2) is 35.0 Å². The Balaban J connectivity index is 2.71. The van der Waals surface area contributed by atoms with Crippen molar-refractivity contribution in [3.8, 4) is 0 Å². The van der Waals surface area contributed by atoms with Crippen molar-refractivity contribution in [3.05, 3.63) is 36.3 Å². The molecule has 2 nitrogen and oxygen atoms in total. The summed E-state index contributed by atoms with van der Waals surface area (Å²) in [7, 11) is 0. The SMILES string of the molecule is C=C(C)C(C)C(O)c1ccco1. The molecule has 0 saturated heterocycles. The van der Waals surface area contributed by atoms with Gasteiger partial charge < -0.3 is 9.52 Å². The van der Waals surface area contributed by atoms with Gasteiger partial charge in [-0.05, 0) is 19.1 Å². The average molecular weight is 166 g/mol. The van der Waals surface area contributed by atoms with Crippen LogP contribution in [0.5, 0.6) is 0 Å². The number of furan rings is 1. The largest absolute Gasteiger partial charge is 0.467 e. The Labute approximate surface area is 72.5 Å². The van der Waals surface area contributed by atoms with Crippen LogP contribution >= 0.6 is 0 Å². The standard InChI is InChI=1S/C10H14O2/c1-7(2)8(3)10(11)9-5-4-6-12-9/h4-6,8,10-11H,1H2,2-3H3. The number of hydrogen-bond donors (Lipinski definition) is 1. The molecule has 1 rings (SSSR count). The predicted octanol–water partition coefficient (Wildman–Crippen LogP) is 2.53. The molecule has 1 N–H and O–H groups in total. The van der Waals surface area contributed by atoms with Crippen molar-refractivity contribution < 1.29 is 9.52 Å². The second-order valence-corrected chi connectivity index (χ2v) is 3.10. The highest BCUT2D eigenvalue weighted by Crippen LogP contribution is 2.26. The van der Waals surface area contributed by atoms with Gasteiger partial charge in [0.1, 0.15) is 11.9 Å². The molecule has 1 aromatic heterocycles. The van der Waals surface area contributed by atoms with Crippen LogP contribution in [0.3, 0.4) is 0 Å². The van der Waals surface area contributed by atoms with Crippen molar-refractivity contribution in [2.75, 3.05) is 0 Å². The molecule has 2 atom stereocenters. The van der Waals surface area contributed by atoms with E-state index >= 15 is 0 Å². The third kappa shape index (κ3) is 1.77. The first-order valence-corrected chi connectivity index (χ1v) is 3.99. The van der Waals surface area contributed by atoms with Crippen LogP contribution in [0.2, 0.25) is 0 Å². The van der Waals surface area contributed by atoms with E-state index in [1.165, 1.54) is 0 Å². The predicted molar refractivity (Wildman–Crippen MR) is 47.6 cm³/mol. The maximum Gasteiger partial charge on any atom is 0.132 e. The lowest BCUT2D eigenvalue weighted by molar-refractivity contribution is 0.110. The van der Waals surface area contributed by atoms with E-state index in [2.05, 4.69) is 6.58 Å². The number of rotatable bonds is 3.